The first kappa shape index (κ1) is 9.24. The number of aromatic nitrogens is 1. The van der Waals surface area contributed by atoms with Crippen LogP contribution in [-0.4, -0.2) is 11.6 Å². The lowest BCUT2D eigenvalue weighted by atomic mass is 9.88. The Kier molecular flexibility index (Phi) is 2.81. The molecule has 1 aliphatic rings. The molecule has 76 valence electrons. The summed E-state index contributed by atoms with van der Waals surface area (Å²) < 4.78 is 9.71. The maximum absolute atomic E-state index is 10.1. The first-order valence-corrected chi connectivity index (χ1v) is 4.97. The van der Waals surface area contributed by atoms with Crippen molar-refractivity contribution >= 4 is 6.47 Å². The van der Waals surface area contributed by atoms with Crippen LogP contribution in [0.25, 0.3) is 0 Å². The topological polar surface area (TPSA) is 52.3 Å². The normalized spacial score (nSPS) is 18.0. The van der Waals surface area contributed by atoms with Crippen LogP contribution in [-0.2, 0) is 4.79 Å². The number of carbonyl (C=O) groups excluding carboxylic acids is 1. The number of hydrogen-bond acceptors (Lipinski definition) is 4. The molecular weight excluding hydrogens is 182 g/mol. The number of nitrogens with zero attached hydrogens (tertiary/aromatic N) is 1. The van der Waals surface area contributed by atoms with Gasteiger partial charge < -0.3 is 9.26 Å². The molecular formula is C10H13NO3. The van der Waals surface area contributed by atoms with E-state index < -0.39 is 0 Å². The molecule has 2 rings (SSSR count). The van der Waals surface area contributed by atoms with E-state index in [0.717, 1.165) is 18.6 Å². The smallest absolute Gasteiger partial charge is 0.299 e. The molecule has 4 nitrogen and oxygen atoms in total. The summed E-state index contributed by atoms with van der Waals surface area (Å²) in [6, 6.07) is 1.71. The van der Waals surface area contributed by atoms with E-state index in [4.69, 9.17) is 4.52 Å². The zero-order chi connectivity index (χ0) is 9.80. The van der Waals surface area contributed by atoms with E-state index in [1.165, 1.54) is 19.3 Å². The largest absolute Gasteiger partial charge is 0.406 e. The van der Waals surface area contributed by atoms with Gasteiger partial charge in [-0.3, -0.25) is 4.79 Å². The fraction of sp³-hybridized carbons (Fsp3) is 0.600. The molecule has 0 spiro atoms. The van der Waals surface area contributed by atoms with E-state index >= 15 is 0 Å². The van der Waals surface area contributed by atoms with Crippen molar-refractivity contribution in [1.29, 1.82) is 0 Å². The van der Waals surface area contributed by atoms with Crippen molar-refractivity contribution < 1.29 is 14.1 Å². The van der Waals surface area contributed by atoms with E-state index in [9.17, 15) is 4.79 Å². The molecule has 1 aromatic heterocycles. The molecule has 0 amide bonds. The molecule has 0 atom stereocenters. The van der Waals surface area contributed by atoms with E-state index in [1.807, 2.05) is 0 Å². The second-order valence-corrected chi connectivity index (χ2v) is 3.62. The number of carbonyl (C=O) groups is 1. The molecule has 1 heterocycles. The summed E-state index contributed by atoms with van der Waals surface area (Å²) in [5, 5.41) is 3.65. The van der Waals surface area contributed by atoms with Crippen LogP contribution in [0.5, 0.6) is 5.88 Å². The molecule has 1 aliphatic carbocycles. The average molecular weight is 195 g/mol. The molecule has 0 aliphatic heterocycles. The Morgan fingerprint density at radius 3 is 2.93 bits per heavy atom. The third kappa shape index (κ3) is 1.95. The lowest BCUT2D eigenvalue weighted by Gasteiger charge is -2.17. The fourth-order valence-electron chi connectivity index (χ4n) is 1.96. The monoisotopic (exact) mass is 195 g/mol. The Morgan fingerprint density at radius 2 is 2.21 bits per heavy atom. The molecule has 14 heavy (non-hydrogen) atoms. The van der Waals surface area contributed by atoms with Crippen molar-refractivity contribution in [2.75, 3.05) is 0 Å². The van der Waals surface area contributed by atoms with Crippen molar-refractivity contribution in [2.24, 2.45) is 0 Å². The summed E-state index contributed by atoms with van der Waals surface area (Å²) in [7, 11) is 0. The molecule has 0 aromatic carbocycles. The minimum absolute atomic E-state index is 0.264. The zero-order valence-corrected chi connectivity index (χ0v) is 7.94. The molecule has 4 heteroatoms. The summed E-state index contributed by atoms with van der Waals surface area (Å²) in [5.74, 6) is 1.57. The van der Waals surface area contributed by atoms with E-state index in [1.54, 1.807) is 6.07 Å². The van der Waals surface area contributed by atoms with Gasteiger partial charge in [0, 0.05) is 12.0 Å². The molecule has 1 fully saturated rings. The van der Waals surface area contributed by atoms with Gasteiger partial charge in [0.2, 0.25) is 0 Å². The van der Waals surface area contributed by atoms with E-state index in [0.29, 0.717) is 12.4 Å². The molecule has 0 saturated heterocycles. The Morgan fingerprint density at radius 1 is 1.43 bits per heavy atom. The average Bonchev–Trinajstić information content (AvgIpc) is 2.68. The van der Waals surface area contributed by atoms with Gasteiger partial charge in [0.15, 0.2) is 0 Å². The Balaban J connectivity index is 2.03. The second kappa shape index (κ2) is 4.26. The SMILES string of the molecule is O=COc1cc(C2CCCCC2)on1. The van der Waals surface area contributed by atoms with Gasteiger partial charge in [0.05, 0.1) is 0 Å². The van der Waals surface area contributed by atoms with Crippen LogP contribution in [0.4, 0.5) is 0 Å². The maximum atomic E-state index is 10.1. The highest BCUT2D eigenvalue weighted by atomic mass is 16.6. The van der Waals surface area contributed by atoms with Crippen LogP contribution >= 0.6 is 0 Å². The minimum Gasteiger partial charge on any atom is -0.406 e. The van der Waals surface area contributed by atoms with Crippen LogP contribution in [0, 0.1) is 0 Å². The van der Waals surface area contributed by atoms with Gasteiger partial charge in [-0.15, -0.1) is 0 Å². The quantitative estimate of drug-likeness (QED) is 0.694. The van der Waals surface area contributed by atoms with Gasteiger partial charge in [-0.05, 0) is 18.0 Å². The van der Waals surface area contributed by atoms with Gasteiger partial charge >= 0.3 is 0 Å². The standard InChI is InChI=1S/C10H13NO3/c12-7-13-10-6-9(14-11-10)8-4-2-1-3-5-8/h6-8H,1-5H2. The lowest BCUT2D eigenvalue weighted by molar-refractivity contribution is -0.121. The van der Waals surface area contributed by atoms with Crippen LogP contribution in [0.2, 0.25) is 0 Å². The van der Waals surface area contributed by atoms with Crippen molar-refractivity contribution in [3.8, 4) is 5.88 Å². The summed E-state index contributed by atoms with van der Waals surface area (Å²) in [6.07, 6.45) is 6.10. The van der Waals surface area contributed by atoms with Gasteiger partial charge in [-0.1, -0.05) is 19.3 Å². The van der Waals surface area contributed by atoms with Gasteiger partial charge in [-0.2, -0.15) is 0 Å². The fourth-order valence-corrected chi connectivity index (χ4v) is 1.96. The highest BCUT2D eigenvalue weighted by Crippen LogP contribution is 2.33. The zero-order valence-electron chi connectivity index (χ0n) is 7.94. The summed E-state index contributed by atoms with van der Waals surface area (Å²) in [5.41, 5.74) is 0. The Labute approximate surface area is 82.2 Å². The lowest BCUT2D eigenvalue weighted by Crippen LogP contribution is -2.02. The summed E-state index contributed by atoms with van der Waals surface area (Å²) in [4.78, 5) is 10.1. The number of ether oxygens (including phenoxy) is 1. The summed E-state index contributed by atoms with van der Waals surface area (Å²) >= 11 is 0. The van der Waals surface area contributed by atoms with Gasteiger partial charge in [0.25, 0.3) is 12.4 Å². The van der Waals surface area contributed by atoms with E-state index in [-0.39, 0.29) is 5.88 Å². The molecule has 0 bridgehead atoms. The molecule has 0 radical (unpaired) electrons. The predicted molar refractivity (Wildman–Crippen MR) is 49.0 cm³/mol. The third-order valence-corrected chi connectivity index (χ3v) is 2.68. The number of hydrogen-bond donors (Lipinski definition) is 0. The highest BCUT2D eigenvalue weighted by molar-refractivity contribution is 5.42. The van der Waals surface area contributed by atoms with Crippen LogP contribution in [0.3, 0.4) is 0 Å². The molecule has 0 N–H and O–H groups in total. The van der Waals surface area contributed by atoms with Gasteiger partial charge in [-0.25, -0.2) is 0 Å². The van der Waals surface area contributed by atoms with Crippen LogP contribution in [0.15, 0.2) is 10.6 Å². The number of rotatable bonds is 3. The molecule has 0 unspecified atom stereocenters. The van der Waals surface area contributed by atoms with Crippen LogP contribution in [0.1, 0.15) is 43.8 Å². The maximum Gasteiger partial charge on any atom is 0.299 e. The molecule has 1 aromatic rings. The third-order valence-electron chi connectivity index (χ3n) is 2.68. The first-order valence-electron chi connectivity index (χ1n) is 4.97. The minimum atomic E-state index is 0.264. The first-order chi connectivity index (χ1) is 6.90. The van der Waals surface area contributed by atoms with Crippen molar-refractivity contribution in [1.82, 2.24) is 5.16 Å². The van der Waals surface area contributed by atoms with Crippen molar-refractivity contribution in [3.05, 3.63) is 11.8 Å². The Bertz CT molecular complexity index is 302. The Hall–Kier alpha value is -1.32. The van der Waals surface area contributed by atoms with Crippen molar-refractivity contribution in [3.63, 3.8) is 0 Å². The highest BCUT2D eigenvalue weighted by Gasteiger charge is 2.20. The van der Waals surface area contributed by atoms with Crippen LogP contribution < -0.4 is 4.74 Å². The summed E-state index contributed by atoms with van der Waals surface area (Å²) in [6.45, 7) is 0.364. The van der Waals surface area contributed by atoms with Gasteiger partial charge in [0.1, 0.15) is 5.76 Å². The van der Waals surface area contributed by atoms with Crippen molar-refractivity contribution in [2.45, 2.75) is 38.0 Å². The molecule has 1 saturated carbocycles. The van der Waals surface area contributed by atoms with E-state index in [2.05, 4.69) is 9.89 Å². The predicted octanol–water partition coefficient (Wildman–Crippen LogP) is 2.26. The second-order valence-electron chi connectivity index (χ2n) is 3.62.